The molecule has 0 saturated carbocycles. The molecule has 0 aliphatic heterocycles. The first-order valence-electron chi connectivity index (χ1n) is 1.84. The van der Waals surface area contributed by atoms with Crippen molar-refractivity contribution in [3.63, 3.8) is 0 Å². The zero-order valence-electron chi connectivity index (χ0n) is 3.58. The topological polar surface area (TPSA) is 17.8 Å². The summed E-state index contributed by atoms with van der Waals surface area (Å²) in [6.07, 6.45) is 5.04. The molecule has 1 heterocycles. The van der Waals surface area contributed by atoms with Gasteiger partial charge in [0, 0.05) is 12.4 Å². The molecule has 0 bridgehead atoms. The highest BCUT2D eigenvalue weighted by Gasteiger charge is 1.83. The van der Waals surface area contributed by atoms with E-state index in [9.17, 15) is 0 Å². The van der Waals surface area contributed by atoms with Crippen molar-refractivity contribution < 1.29 is 0 Å². The van der Waals surface area contributed by atoms with E-state index in [0.717, 1.165) is 0 Å². The van der Waals surface area contributed by atoms with Gasteiger partial charge in [-0.2, -0.15) is 11.5 Å². The highest BCUT2D eigenvalue weighted by Crippen LogP contribution is 1.80. The molecule has 4 heteroatoms. The SMILES string of the molecule is Cl[B]n1ccnc1. The number of hydrogen-bond donors (Lipinski definition) is 0. The average Bonchev–Trinajstić information content (AvgIpc) is 2.14. The third kappa shape index (κ3) is 0.964. The Morgan fingerprint density at radius 2 is 2.57 bits per heavy atom. The minimum absolute atomic E-state index is 1.41. The Balaban J connectivity index is 2.76. The Hall–Kier alpha value is -0.435. The van der Waals surface area contributed by atoms with Gasteiger partial charge in [-0.15, -0.1) is 0 Å². The van der Waals surface area contributed by atoms with Crippen molar-refractivity contribution in [2.24, 2.45) is 0 Å². The van der Waals surface area contributed by atoms with E-state index in [2.05, 4.69) is 4.98 Å². The molecule has 0 amide bonds. The number of halogens is 1. The van der Waals surface area contributed by atoms with Gasteiger partial charge in [-0.05, 0) is 0 Å². The normalized spacial score (nSPS) is 8.71. The summed E-state index contributed by atoms with van der Waals surface area (Å²) in [6.45, 7) is 1.41. The maximum absolute atomic E-state index is 5.27. The lowest BCUT2D eigenvalue weighted by molar-refractivity contribution is 1.21. The van der Waals surface area contributed by atoms with Gasteiger partial charge in [0.15, 0.2) is 0 Å². The largest absolute Gasteiger partial charge is 0.376 e. The Bertz CT molecular complexity index is 127. The van der Waals surface area contributed by atoms with E-state index in [-0.39, 0.29) is 0 Å². The lowest BCUT2D eigenvalue weighted by Crippen LogP contribution is -1.92. The predicted molar refractivity (Wildman–Crippen MR) is 29.2 cm³/mol. The van der Waals surface area contributed by atoms with Gasteiger partial charge >= 0.3 is 6.83 Å². The van der Waals surface area contributed by atoms with Crippen LogP contribution >= 0.6 is 11.5 Å². The fraction of sp³-hybridized carbons (Fsp3) is 0. The third-order valence-corrected chi connectivity index (χ3v) is 0.863. The van der Waals surface area contributed by atoms with Crippen molar-refractivity contribution in [1.82, 2.24) is 9.46 Å². The second kappa shape index (κ2) is 2.03. The zero-order chi connectivity index (χ0) is 5.11. The smallest absolute Gasteiger partial charge is 0.370 e. The fourth-order valence-corrected chi connectivity index (χ4v) is 0.443. The monoisotopic (exact) mass is 113 g/mol. The van der Waals surface area contributed by atoms with Crippen molar-refractivity contribution in [2.45, 2.75) is 0 Å². The highest BCUT2D eigenvalue weighted by atomic mass is 35.5. The van der Waals surface area contributed by atoms with Crippen LogP contribution in [-0.2, 0) is 0 Å². The van der Waals surface area contributed by atoms with Crippen LogP contribution in [0.15, 0.2) is 18.7 Å². The summed E-state index contributed by atoms with van der Waals surface area (Å²) in [4.78, 5) is 3.74. The van der Waals surface area contributed by atoms with E-state index in [1.807, 2.05) is 0 Å². The molecular formula is C3H3BClN2. The molecule has 0 atom stereocenters. The van der Waals surface area contributed by atoms with E-state index in [4.69, 9.17) is 11.5 Å². The van der Waals surface area contributed by atoms with E-state index in [1.165, 1.54) is 6.83 Å². The molecule has 0 saturated heterocycles. The highest BCUT2D eigenvalue weighted by molar-refractivity contribution is 6.92. The Kier molecular flexibility index (Phi) is 1.37. The molecule has 0 aromatic carbocycles. The second-order valence-electron chi connectivity index (χ2n) is 1.11. The maximum atomic E-state index is 5.27. The summed E-state index contributed by atoms with van der Waals surface area (Å²) in [6, 6.07) is 0. The summed E-state index contributed by atoms with van der Waals surface area (Å²) in [5.41, 5.74) is 0. The number of rotatable bonds is 1. The minimum Gasteiger partial charge on any atom is -0.370 e. The van der Waals surface area contributed by atoms with Crippen LogP contribution in [-0.4, -0.2) is 16.3 Å². The van der Waals surface area contributed by atoms with Crippen LogP contribution in [0.3, 0.4) is 0 Å². The number of nitrogens with zero attached hydrogens (tertiary/aromatic N) is 2. The first-order valence-corrected chi connectivity index (χ1v) is 2.28. The van der Waals surface area contributed by atoms with Gasteiger partial charge in [-0.1, -0.05) is 0 Å². The van der Waals surface area contributed by atoms with Crippen LogP contribution in [0.25, 0.3) is 0 Å². The minimum atomic E-state index is 1.41. The van der Waals surface area contributed by atoms with Gasteiger partial charge in [-0.3, -0.25) is 0 Å². The number of hydrogen-bond acceptors (Lipinski definition) is 1. The Labute approximate surface area is 47.3 Å². The third-order valence-electron chi connectivity index (χ3n) is 0.638. The summed E-state index contributed by atoms with van der Waals surface area (Å²) >= 11 is 5.27. The standard InChI is InChI=1S/C3H3BClN2/c5-4-7-2-1-6-3-7/h1-3H. The van der Waals surface area contributed by atoms with E-state index < -0.39 is 0 Å². The summed E-state index contributed by atoms with van der Waals surface area (Å²) in [5, 5.41) is 0. The first kappa shape index (κ1) is 4.72. The van der Waals surface area contributed by atoms with E-state index in [0.29, 0.717) is 0 Å². The fourth-order valence-electron chi connectivity index (χ4n) is 0.327. The van der Waals surface area contributed by atoms with Crippen molar-refractivity contribution >= 4 is 18.3 Å². The van der Waals surface area contributed by atoms with E-state index in [1.54, 1.807) is 23.2 Å². The summed E-state index contributed by atoms with van der Waals surface area (Å²) in [7, 11) is 0. The molecule has 0 spiro atoms. The number of aromatic nitrogens is 2. The van der Waals surface area contributed by atoms with Crippen LogP contribution in [0, 0.1) is 0 Å². The predicted octanol–water partition coefficient (Wildman–Crippen LogP) is 0.504. The molecule has 1 aromatic heterocycles. The second-order valence-corrected chi connectivity index (χ2v) is 1.30. The zero-order valence-corrected chi connectivity index (χ0v) is 4.34. The van der Waals surface area contributed by atoms with E-state index >= 15 is 0 Å². The van der Waals surface area contributed by atoms with Crippen LogP contribution in [0.2, 0.25) is 0 Å². The molecule has 0 fully saturated rings. The molecule has 1 rings (SSSR count). The van der Waals surface area contributed by atoms with Gasteiger partial charge in [0.25, 0.3) is 0 Å². The quantitative estimate of drug-likeness (QED) is 0.485. The molecule has 7 heavy (non-hydrogen) atoms. The molecule has 0 aliphatic carbocycles. The summed E-state index contributed by atoms with van der Waals surface area (Å²) < 4.78 is 1.65. The Morgan fingerprint density at radius 3 is 2.86 bits per heavy atom. The first-order chi connectivity index (χ1) is 3.43. The van der Waals surface area contributed by atoms with Crippen LogP contribution in [0.1, 0.15) is 0 Å². The van der Waals surface area contributed by atoms with Crippen LogP contribution in [0.5, 0.6) is 0 Å². The molecule has 0 N–H and O–H groups in total. The van der Waals surface area contributed by atoms with Gasteiger partial charge in [0.1, 0.15) is 0 Å². The van der Waals surface area contributed by atoms with Crippen molar-refractivity contribution in [2.75, 3.05) is 0 Å². The van der Waals surface area contributed by atoms with Crippen LogP contribution < -0.4 is 0 Å². The lowest BCUT2D eigenvalue weighted by Gasteiger charge is -1.82. The van der Waals surface area contributed by atoms with Gasteiger partial charge < -0.3 is 4.48 Å². The van der Waals surface area contributed by atoms with Gasteiger partial charge in [0.2, 0.25) is 0 Å². The summed E-state index contributed by atoms with van der Waals surface area (Å²) in [5.74, 6) is 0. The molecule has 0 aliphatic rings. The molecular weight excluding hydrogens is 110 g/mol. The molecule has 1 aromatic rings. The maximum Gasteiger partial charge on any atom is 0.376 e. The average molecular weight is 113 g/mol. The van der Waals surface area contributed by atoms with Gasteiger partial charge in [0.05, 0.1) is 6.33 Å². The van der Waals surface area contributed by atoms with Crippen molar-refractivity contribution in [3.05, 3.63) is 18.7 Å². The lowest BCUT2D eigenvalue weighted by atomic mass is 10.4. The number of imidazole rings is 1. The molecule has 35 valence electrons. The van der Waals surface area contributed by atoms with Crippen LogP contribution in [0.4, 0.5) is 0 Å². The molecule has 1 radical (unpaired) electrons. The molecule has 2 nitrogen and oxygen atoms in total. The Morgan fingerprint density at radius 1 is 1.71 bits per heavy atom. The van der Waals surface area contributed by atoms with Crippen molar-refractivity contribution in [3.8, 4) is 0 Å². The molecule has 0 unspecified atom stereocenters. The van der Waals surface area contributed by atoms with Gasteiger partial charge in [-0.25, -0.2) is 4.98 Å². The van der Waals surface area contributed by atoms with Crippen molar-refractivity contribution in [1.29, 1.82) is 0 Å².